The van der Waals surface area contributed by atoms with Gasteiger partial charge in [-0.3, -0.25) is 9.59 Å². The van der Waals surface area contributed by atoms with E-state index in [2.05, 4.69) is 5.32 Å². The van der Waals surface area contributed by atoms with Crippen LogP contribution in [0.5, 0.6) is 0 Å². The van der Waals surface area contributed by atoms with Gasteiger partial charge in [0.05, 0.1) is 0 Å². The topological polar surface area (TPSA) is 49.4 Å². The van der Waals surface area contributed by atoms with Crippen molar-refractivity contribution in [2.45, 2.75) is 25.7 Å². The molecule has 0 saturated carbocycles. The fourth-order valence-electron chi connectivity index (χ4n) is 1.80. The molecule has 0 aromatic heterocycles. The van der Waals surface area contributed by atoms with Gasteiger partial charge in [0.15, 0.2) is 0 Å². The van der Waals surface area contributed by atoms with Crippen LogP contribution < -0.4 is 5.32 Å². The number of benzene rings is 1. The lowest BCUT2D eigenvalue weighted by atomic mass is 10.1. The minimum Gasteiger partial charge on any atom is -0.359 e. The van der Waals surface area contributed by atoms with Crippen LogP contribution >= 0.6 is 11.6 Å². The zero-order valence-electron chi connectivity index (χ0n) is 12.0. The fraction of sp³-hybridized carbons (Fsp3) is 0.467. The molecule has 0 saturated heterocycles. The Labute approximate surface area is 125 Å². The molecule has 0 atom stereocenters. The van der Waals surface area contributed by atoms with E-state index in [1.165, 1.54) is 5.56 Å². The molecule has 4 nitrogen and oxygen atoms in total. The van der Waals surface area contributed by atoms with Gasteiger partial charge >= 0.3 is 0 Å². The van der Waals surface area contributed by atoms with Gasteiger partial charge in [-0.25, -0.2) is 0 Å². The fourth-order valence-corrected chi connectivity index (χ4v) is 1.93. The van der Waals surface area contributed by atoms with E-state index in [1.807, 2.05) is 24.3 Å². The number of hydrogen-bond donors (Lipinski definition) is 1. The minimum atomic E-state index is -0.0502. The molecule has 1 N–H and O–H groups in total. The number of nitrogens with one attached hydrogen (secondary N) is 1. The standard InChI is InChI=1S/C15H21ClN2O2/c1-17-14(19)10-11-18(2)15(20)5-3-4-12-6-8-13(16)9-7-12/h6-9H,3-5,10-11H2,1-2H3,(H,17,19). The number of carbonyl (C=O) groups is 2. The molecule has 1 aromatic carbocycles. The van der Waals surface area contributed by atoms with E-state index >= 15 is 0 Å². The Bertz CT molecular complexity index is 446. The minimum absolute atomic E-state index is 0.0502. The highest BCUT2D eigenvalue weighted by atomic mass is 35.5. The Hall–Kier alpha value is -1.55. The SMILES string of the molecule is CNC(=O)CCN(C)C(=O)CCCc1ccc(Cl)cc1. The van der Waals surface area contributed by atoms with Gasteiger partial charge in [0.25, 0.3) is 0 Å². The first-order chi connectivity index (χ1) is 9.52. The average molecular weight is 297 g/mol. The highest BCUT2D eigenvalue weighted by molar-refractivity contribution is 6.30. The summed E-state index contributed by atoms with van der Waals surface area (Å²) in [7, 11) is 3.32. The summed E-state index contributed by atoms with van der Waals surface area (Å²) in [6.07, 6.45) is 2.49. The molecule has 110 valence electrons. The van der Waals surface area contributed by atoms with Crippen molar-refractivity contribution in [3.63, 3.8) is 0 Å². The van der Waals surface area contributed by atoms with Gasteiger partial charge in [-0.05, 0) is 30.5 Å². The van der Waals surface area contributed by atoms with E-state index in [0.717, 1.165) is 17.9 Å². The first-order valence-electron chi connectivity index (χ1n) is 6.72. The van der Waals surface area contributed by atoms with Crippen molar-refractivity contribution in [1.29, 1.82) is 0 Å². The van der Waals surface area contributed by atoms with Crippen molar-refractivity contribution in [1.82, 2.24) is 10.2 Å². The summed E-state index contributed by atoms with van der Waals surface area (Å²) in [6.45, 7) is 0.458. The second-order valence-electron chi connectivity index (χ2n) is 4.72. The van der Waals surface area contributed by atoms with Crippen LogP contribution in [-0.2, 0) is 16.0 Å². The first kappa shape index (κ1) is 16.5. The van der Waals surface area contributed by atoms with Gasteiger partial charge in [0, 0.05) is 38.5 Å². The Morgan fingerprint density at radius 1 is 1.20 bits per heavy atom. The molecule has 1 aromatic rings. The summed E-state index contributed by atoms with van der Waals surface area (Å²) in [6, 6.07) is 7.66. The lowest BCUT2D eigenvalue weighted by molar-refractivity contribution is -0.130. The second-order valence-corrected chi connectivity index (χ2v) is 5.15. The summed E-state index contributed by atoms with van der Waals surface area (Å²) in [4.78, 5) is 24.6. The molecule has 0 radical (unpaired) electrons. The van der Waals surface area contributed by atoms with E-state index in [4.69, 9.17) is 11.6 Å². The molecule has 20 heavy (non-hydrogen) atoms. The first-order valence-corrected chi connectivity index (χ1v) is 7.09. The lowest BCUT2D eigenvalue weighted by Gasteiger charge is -2.16. The lowest BCUT2D eigenvalue weighted by Crippen LogP contribution is -2.31. The maximum Gasteiger partial charge on any atom is 0.222 e. The number of halogens is 1. The van der Waals surface area contributed by atoms with E-state index in [-0.39, 0.29) is 11.8 Å². The summed E-state index contributed by atoms with van der Waals surface area (Å²) >= 11 is 5.82. The van der Waals surface area contributed by atoms with E-state index in [1.54, 1.807) is 19.0 Å². The number of hydrogen-bond acceptors (Lipinski definition) is 2. The Balaban J connectivity index is 2.25. The molecule has 5 heteroatoms. The van der Waals surface area contributed by atoms with Crippen molar-refractivity contribution in [2.75, 3.05) is 20.6 Å². The molecule has 2 amide bonds. The van der Waals surface area contributed by atoms with Crippen molar-refractivity contribution in [3.8, 4) is 0 Å². The third kappa shape index (κ3) is 6.06. The van der Waals surface area contributed by atoms with Gasteiger partial charge in [-0.1, -0.05) is 23.7 Å². The molecule has 0 unspecified atom stereocenters. The Morgan fingerprint density at radius 2 is 1.85 bits per heavy atom. The maximum atomic E-state index is 11.9. The van der Waals surface area contributed by atoms with Crippen molar-refractivity contribution in [2.24, 2.45) is 0 Å². The molecule has 0 aliphatic heterocycles. The van der Waals surface area contributed by atoms with Crippen molar-refractivity contribution < 1.29 is 9.59 Å². The quantitative estimate of drug-likeness (QED) is 0.839. The molecular weight excluding hydrogens is 276 g/mol. The number of nitrogens with zero attached hydrogens (tertiary/aromatic N) is 1. The van der Waals surface area contributed by atoms with Crippen LogP contribution in [-0.4, -0.2) is 37.4 Å². The van der Waals surface area contributed by atoms with Crippen LogP contribution in [0.15, 0.2) is 24.3 Å². The zero-order chi connectivity index (χ0) is 15.0. The zero-order valence-corrected chi connectivity index (χ0v) is 12.7. The van der Waals surface area contributed by atoms with Crippen molar-refractivity contribution >= 4 is 23.4 Å². The number of carbonyl (C=O) groups excluding carboxylic acids is 2. The molecule has 0 aliphatic carbocycles. The normalized spacial score (nSPS) is 10.2. The summed E-state index contributed by atoms with van der Waals surface area (Å²) in [5, 5.41) is 3.26. The van der Waals surface area contributed by atoms with E-state index in [9.17, 15) is 9.59 Å². The summed E-state index contributed by atoms with van der Waals surface area (Å²) in [5.74, 6) is 0.0219. The van der Waals surface area contributed by atoms with Gasteiger partial charge in [0.2, 0.25) is 11.8 Å². The molecular formula is C15H21ClN2O2. The van der Waals surface area contributed by atoms with Crippen LogP contribution in [0.3, 0.4) is 0 Å². The summed E-state index contributed by atoms with van der Waals surface area (Å²) < 4.78 is 0. The highest BCUT2D eigenvalue weighted by Gasteiger charge is 2.09. The Kier molecular flexibility index (Phi) is 7.09. The number of amides is 2. The Morgan fingerprint density at radius 3 is 2.45 bits per heavy atom. The highest BCUT2D eigenvalue weighted by Crippen LogP contribution is 2.12. The molecule has 0 spiro atoms. The molecule has 0 bridgehead atoms. The maximum absolute atomic E-state index is 11.9. The van der Waals surface area contributed by atoms with E-state index in [0.29, 0.717) is 19.4 Å². The van der Waals surface area contributed by atoms with Gasteiger partial charge < -0.3 is 10.2 Å². The summed E-state index contributed by atoms with van der Waals surface area (Å²) in [5.41, 5.74) is 1.18. The number of rotatable bonds is 7. The van der Waals surface area contributed by atoms with Crippen LogP contribution in [0.25, 0.3) is 0 Å². The van der Waals surface area contributed by atoms with Crippen LogP contribution in [0, 0.1) is 0 Å². The third-order valence-electron chi connectivity index (χ3n) is 3.15. The monoisotopic (exact) mass is 296 g/mol. The smallest absolute Gasteiger partial charge is 0.222 e. The number of aryl methyl sites for hydroxylation is 1. The molecule has 0 fully saturated rings. The van der Waals surface area contributed by atoms with Gasteiger partial charge in [-0.15, -0.1) is 0 Å². The predicted octanol–water partition coefficient (Wildman–Crippen LogP) is 2.26. The van der Waals surface area contributed by atoms with Crippen molar-refractivity contribution in [3.05, 3.63) is 34.9 Å². The molecule has 1 rings (SSSR count). The third-order valence-corrected chi connectivity index (χ3v) is 3.40. The van der Waals surface area contributed by atoms with Crippen LogP contribution in [0.2, 0.25) is 5.02 Å². The molecule has 0 heterocycles. The predicted molar refractivity (Wildman–Crippen MR) is 80.7 cm³/mol. The molecule has 0 aliphatic rings. The van der Waals surface area contributed by atoms with Crippen LogP contribution in [0.4, 0.5) is 0 Å². The van der Waals surface area contributed by atoms with E-state index < -0.39 is 0 Å². The van der Waals surface area contributed by atoms with Crippen LogP contribution in [0.1, 0.15) is 24.8 Å². The van der Waals surface area contributed by atoms with Gasteiger partial charge in [0.1, 0.15) is 0 Å². The largest absolute Gasteiger partial charge is 0.359 e. The average Bonchev–Trinajstić information content (AvgIpc) is 2.46. The second kappa shape index (κ2) is 8.59. The van der Waals surface area contributed by atoms with Gasteiger partial charge in [-0.2, -0.15) is 0 Å².